The van der Waals surface area contributed by atoms with Gasteiger partial charge in [0.05, 0.1) is 23.4 Å². The van der Waals surface area contributed by atoms with Crippen LogP contribution in [-0.2, 0) is 11.2 Å². The molecule has 1 heterocycles. The van der Waals surface area contributed by atoms with Crippen LogP contribution in [0.25, 0.3) is 11.3 Å². The second-order valence-corrected chi connectivity index (χ2v) is 6.42. The van der Waals surface area contributed by atoms with Crippen LogP contribution in [0.5, 0.6) is 0 Å². The molecule has 3 nitrogen and oxygen atoms in total. The summed E-state index contributed by atoms with van der Waals surface area (Å²) in [4.78, 5) is 16.0. The molecule has 0 spiro atoms. The van der Waals surface area contributed by atoms with Crippen molar-refractivity contribution in [3.63, 3.8) is 0 Å². The Balaban J connectivity index is 1.80. The number of aryl methyl sites for hydroxylation is 1. The van der Waals surface area contributed by atoms with Crippen LogP contribution in [0.2, 0.25) is 0 Å². The minimum Gasteiger partial charge on any atom is -0.465 e. The molecule has 0 unspecified atom stereocenters. The van der Waals surface area contributed by atoms with Gasteiger partial charge in [-0.2, -0.15) is 0 Å². The van der Waals surface area contributed by atoms with Crippen LogP contribution in [0.1, 0.15) is 26.5 Å². The van der Waals surface area contributed by atoms with Gasteiger partial charge in [-0.25, -0.2) is 14.2 Å². The molecule has 0 saturated carbocycles. The number of halogens is 1. The topological polar surface area (TPSA) is 39.2 Å². The van der Waals surface area contributed by atoms with E-state index in [-0.39, 0.29) is 5.56 Å². The lowest BCUT2D eigenvalue weighted by atomic mass is 10.1. The molecule has 0 N–H and O–H groups in total. The summed E-state index contributed by atoms with van der Waals surface area (Å²) in [7, 11) is 1.23. The summed E-state index contributed by atoms with van der Waals surface area (Å²) < 4.78 is 18.5. The fourth-order valence-electron chi connectivity index (χ4n) is 2.45. The van der Waals surface area contributed by atoms with Gasteiger partial charge in [0.1, 0.15) is 5.82 Å². The number of ether oxygens (including phenoxy) is 1. The first kappa shape index (κ1) is 16.3. The van der Waals surface area contributed by atoms with E-state index in [0.717, 1.165) is 21.8 Å². The molecule has 5 heteroatoms. The second-order valence-electron chi connectivity index (χ2n) is 5.48. The SMILES string of the molecule is COC(=O)c1ccc(Cc2nc(-c3cccc(C)c3)cs2)cc1F. The van der Waals surface area contributed by atoms with E-state index in [1.54, 1.807) is 17.4 Å². The minimum atomic E-state index is -0.671. The third-order valence-corrected chi connectivity index (χ3v) is 4.51. The molecule has 3 rings (SSSR count). The Morgan fingerprint density at radius 2 is 2.08 bits per heavy atom. The van der Waals surface area contributed by atoms with E-state index in [0.29, 0.717) is 6.42 Å². The van der Waals surface area contributed by atoms with Crippen molar-refractivity contribution in [2.24, 2.45) is 0 Å². The molecule has 24 heavy (non-hydrogen) atoms. The van der Waals surface area contributed by atoms with Gasteiger partial charge in [0.15, 0.2) is 0 Å². The van der Waals surface area contributed by atoms with Gasteiger partial charge in [0, 0.05) is 17.4 Å². The summed E-state index contributed by atoms with van der Waals surface area (Å²) in [6.45, 7) is 2.04. The summed E-state index contributed by atoms with van der Waals surface area (Å²) in [5.74, 6) is -1.25. The van der Waals surface area contributed by atoms with Crippen LogP contribution in [0.3, 0.4) is 0 Å². The maximum Gasteiger partial charge on any atom is 0.340 e. The van der Waals surface area contributed by atoms with Gasteiger partial charge in [-0.15, -0.1) is 11.3 Å². The molecule has 0 amide bonds. The predicted molar refractivity (Wildman–Crippen MR) is 92.8 cm³/mol. The van der Waals surface area contributed by atoms with Gasteiger partial charge in [0.25, 0.3) is 0 Å². The van der Waals surface area contributed by atoms with Crippen molar-refractivity contribution in [1.29, 1.82) is 0 Å². The molecule has 0 radical (unpaired) electrons. The first-order chi connectivity index (χ1) is 11.6. The number of rotatable bonds is 4. The molecule has 2 aromatic carbocycles. The lowest BCUT2D eigenvalue weighted by Crippen LogP contribution is -2.05. The van der Waals surface area contributed by atoms with Gasteiger partial charge in [-0.05, 0) is 30.7 Å². The van der Waals surface area contributed by atoms with Gasteiger partial charge in [-0.3, -0.25) is 0 Å². The van der Waals surface area contributed by atoms with Gasteiger partial charge in [-0.1, -0.05) is 29.8 Å². The van der Waals surface area contributed by atoms with Crippen LogP contribution in [-0.4, -0.2) is 18.1 Å². The quantitative estimate of drug-likeness (QED) is 0.649. The molecule has 0 atom stereocenters. The van der Waals surface area contributed by atoms with Crippen LogP contribution in [0, 0.1) is 12.7 Å². The zero-order chi connectivity index (χ0) is 17.1. The van der Waals surface area contributed by atoms with Crippen LogP contribution >= 0.6 is 11.3 Å². The summed E-state index contributed by atoms with van der Waals surface area (Å²) >= 11 is 1.54. The monoisotopic (exact) mass is 341 g/mol. The summed E-state index contributed by atoms with van der Waals surface area (Å²) in [6.07, 6.45) is 0.523. The number of esters is 1. The van der Waals surface area contributed by atoms with E-state index < -0.39 is 11.8 Å². The lowest BCUT2D eigenvalue weighted by Gasteiger charge is -2.03. The molecule has 0 saturated heterocycles. The Kier molecular flexibility index (Phi) is 4.71. The number of aromatic nitrogens is 1. The van der Waals surface area contributed by atoms with Gasteiger partial charge < -0.3 is 4.74 Å². The first-order valence-electron chi connectivity index (χ1n) is 7.45. The van der Waals surface area contributed by atoms with E-state index in [9.17, 15) is 9.18 Å². The van der Waals surface area contributed by atoms with Crippen molar-refractivity contribution >= 4 is 17.3 Å². The third-order valence-electron chi connectivity index (χ3n) is 3.66. The highest BCUT2D eigenvalue weighted by Crippen LogP contribution is 2.24. The van der Waals surface area contributed by atoms with Crippen LogP contribution in [0.15, 0.2) is 47.8 Å². The van der Waals surface area contributed by atoms with Crippen LogP contribution in [0.4, 0.5) is 4.39 Å². The molecule has 0 aliphatic heterocycles. The smallest absolute Gasteiger partial charge is 0.340 e. The minimum absolute atomic E-state index is 0.0548. The third kappa shape index (κ3) is 3.51. The van der Waals surface area contributed by atoms with Crippen LogP contribution < -0.4 is 0 Å². The highest BCUT2D eigenvalue weighted by Gasteiger charge is 2.13. The van der Waals surface area contributed by atoms with Crippen molar-refractivity contribution in [3.05, 3.63) is 75.4 Å². The van der Waals surface area contributed by atoms with Gasteiger partial charge >= 0.3 is 5.97 Å². The molecule has 0 aliphatic rings. The highest BCUT2D eigenvalue weighted by molar-refractivity contribution is 7.10. The zero-order valence-corrected chi connectivity index (χ0v) is 14.2. The number of thiazole rings is 1. The Bertz CT molecular complexity index is 889. The number of carbonyl (C=O) groups excluding carboxylic acids is 1. The molecule has 122 valence electrons. The number of benzene rings is 2. The fourth-order valence-corrected chi connectivity index (χ4v) is 3.29. The highest BCUT2D eigenvalue weighted by atomic mass is 32.1. The average Bonchev–Trinajstić information content (AvgIpc) is 3.03. The summed E-state index contributed by atoms with van der Waals surface area (Å²) in [5.41, 5.74) is 3.89. The van der Waals surface area contributed by atoms with E-state index in [1.165, 1.54) is 24.8 Å². The zero-order valence-electron chi connectivity index (χ0n) is 13.4. The van der Waals surface area contributed by atoms with E-state index in [4.69, 9.17) is 0 Å². The molecule has 0 bridgehead atoms. The number of carbonyl (C=O) groups is 1. The van der Waals surface area contributed by atoms with Crippen molar-refractivity contribution < 1.29 is 13.9 Å². The Morgan fingerprint density at radius 1 is 1.25 bits per heavy atom. The Hall–Kier alpha value is -2.53. The number of methoxy groups -OCH3 is 1. The maximum atomic E-state index is 14.0. The molecule has 0 aliphatic carbocycles. The molecule has 3 aromatic rings. The first-order valence-corrected chi connectivity index (χ1v) is 8.33. The lowest BCUT2D eigenvalue weighted by molar-refractivity contribution is 0.0595. The standard InChI is InChI=1S/C19H16FNO2S/c1-12-4-3-5-14(8-12)17-11-24-18(21-17)10-13-6-7-15(16(20)9-13)19(22)23-2/h3-9,11H,10H2,1-2H3. The fraction of sp³-hybridized carbons (Fsp3) is 0.158. The molecular formula is C19H16FNO2S. The predicted octanol–water partition coefficient (Wildman–Crippen LogP) is 4.64. The van der Waals surface area contributed by atoms with Crippen molar-refractivity contribution in [2.45, 2.75) is 13.3 Å². The van der Waals surface area contributed by atoms with Crippen molar-refractivity contribution in [3.8, 4) is 11.3 Å². The molecule has 1 aromatic heterocycles. The number of hydrogen-bond donors (Lipinski definition) is 0. The molecular weight excluding hydrogens is 325 g/mol. The summed E-state index contributed by atoms with van der Waals surface area (Å²) in [5, 5.41) is 2.90. The number of nitrogens with zero attached hydrogens (tertiary/aromatic N) is 1. The number of hydrogen-bond acceptors (Lipinski definition) is 4. The second kappa shape index (κ2) is 6.93. The van der Waals surface area contributed by atoms with Gasteiger partial charge in [0.2, 0.25) is 0 Å². The maximum absolute atomic E-state index is 14.0. The Morgan fingerprint density at radius 3 is 2.79 bits per heavy atom. The normalized spacial score (nSPS) is 10.6. The van der Waals surface area contributed by atoms with Crippen molar-refractivity contribution in [2.75, 3.05) is 7.11 Å². The van der Waals surface area contributed by atoms with E-state index >= 15 is 0 Å². The molecule has 0 fully saturated rings. The average molecular weight is 341 g/mol. The Labute approximate surface area is 143 Å². The van der Waals surface area contributed by atoms with E-state index in [1.807, 2.05) is 30.5 Å². The largest absolute Gasteiger partial charge is 0.465 e. The van der Waals surface area contributed by atoms with E-state index in [2.05, 4.69) is 15.8 Å². The van der Waals surface area contributed by atoms with Crippen molar-refractivity contribution in [1.82, 2.24) is 4.98 Å². The summed E-state index contributed by atoms with van der Waals surface area (Å²) in [6, 6.07) is 12.7.